The van der Waals surface area contributed by atoms with E-state index in [1.807, 2.05) is 25.1 Å². The molecule has 0 aliphatic carbocycles. The summed E-state index contributed by atoms with van der Waals surface area (Å²) in [5, 5.41) is 0.831. The fraction of sp³-hybridized carbons (Fsp3) is 0.200. The third-order valence-electron chi connectivity index (χ3n) is 4.21. The van der Waals surface area contributed by atoms with Gasteiger partial charge in [0.05, 0.1) is 16.1 Å². The van der Waals surface area contributed by atoms with Crippen LogP contribution in [-0.4, -0.2) is 19.3 Å². The fourth-order valence-electron chi connectivity index (χ4n) is 2.77. The van der Waals surface area contributed by atoms with E-state index in [0.29, 0.717) is 30.5 Å². The molecule has 0 saturated heterocycles. The normalized spacial score (nSPS) is 11.4. The first-order chi connectivity index (χ1) is 12.8. The maximum atomic E-state index is 12.7. The van der Waals surface area contributed by atoms with Gasteiger partial charge in [0.15, 0.2) is 0 Å². The standard InChI is InChI=1S/C20H21N3O3S/c1-14-8-12-17(13-9-14)27(25,26)23-18-6-2-4-15-10-11-16(22-20(15)18)5-3-7-19(21)24/h2,4,6,8-13,23H,3,5,7H2,1H3,(H2,21,24). The molecule has 0 aliphatic rings. The van der Waals surface area contributed by atoms with Crippen LogP contribution in [0, 0.1) is 6.92 Å². The van der Waals surface area contributed by atoms with E-state index in [0.717, 1.165) is 16.6 Å². The Hall–Kier alpha value is -2.93. The molecule has 0 fully saturated rings. The zero-order valence-corrected chi connectivity index (χ0v) is 15.8. The summed E-state index contributed by atoms with van der Waals surface area (Å²) in [6.07, 6.45) is 1.49. The van der Waals surface area contributed by atoms with E-state index in [-0.39, 0.29) is 10.8 Å². The third-order valence-corrected chi connectivity index (χ3v) is 5.59. The number of fused-ring (bicyclic) bond motifs is 1. The molecule has 0 saturated carbocycles. The molecule has 0 atom stereocenters. The predicted octanol–water partition coefficient (Wildman–Crippen LogP) is 3.15. The van der Waals surface area contributed by atoms with Crippen molar-refractivity contribution in [2.75, 3.05) is 4.72 Å². The molecule has 3 rings (SSSR count). The van der Waals surface area contributed by atoms with Crippen molar-refractivity contribution in [2.45, 2.75) is 31.1 Å². The number of anilines is 1. The van der Waals surface area contributed by atoms with Gasteiger partial charge in [0.1, 0.15) is 0 Å². The number of amides is 1. The minimum atomic E-state index is -3.71. The van der Waals surface area contributed by atoms with E-state index in [4.69, 9.17) is 5.73 Å². The minimum Gasteiger partial charge on any atom is -0.370 e. The number of carbonyl (C=O) groups excluding carboxylic acids is 1. The minimum absolute atomic E-state index is 0.197. The molecule has 6 nitrogen and oxygen atoms in total. The Balaban J connectivity index is 1.91. The number of nitrogens with one attached hydrogen (secondary N) is 1. The number of rotatable bonds is 7. The van der Waals surface area contributed by atoms with Crippen LogP contribution in [0.1, 0.15) is 24.1 Å². The van der Waals surface area contributed by atoms with Crippen LogP contribution in [0.15, 0.2) is 59.5 Å². The molecule has 0 aliphatic heterocycles. The summed E-state index contributed by atoms with van der Waals surface area (Å²) in [6, 6.07) is 15.8. The van der Waals surface area contributed by atoms with Crippen LogP contribution in [0.3, 0.4) is 0 Å². The van der Waals surface area contributed by atoms with Crippen LogP contribution < -0.4 is 10.5 Å². The molecule has 2 aromatic carbocycles. The summed E-state index contributed by atoms with van der Waals surface area (Å²) in [7, 11) is -3.71. The number of aromatic nitrogens is 1. The lowest BCUT2D eigenvalue weighted by molar-refractivity contribution is -0.118. The van der Waals surface area contributed by atoms with E-state index in [9.17, 15) is 13.2 Å². The van der Waals surface area contributed by atoms with Crippen molar-refractivity contribution < 1.29 is 13.2 Å². The molecule has 3 N–H and O–H groups in total. The van der Waals surface area contributed by atoms with Crippen LogP contribution in [-0.2, 0) is 21.2 Å². The van der Waals surface area contributed by atoms with Crippen molar-refractivity contribution in [3.63, 3.8) is 0 Å². The lowest BCUT2D eigenvalue weighted by Crippen LogP contribution is -2.13. The Kier molecular flexibility index (Phi) is 5.41. The van der Waals surface area contributed by atoms with Crippen molar-refractivity contribution in [2.24, 2.45) is 5.73 Å². The van der Waals surface area contributed by atoms with Gasteiger partial charge in [0, 0.05) is 17.5 Å². The second-order valence-corrected chi connectivity index (χ2v) is 8.10. The number of aryl methyl sites for hydroxylation is 2. The molecule has 1 amide bonds. The van der Waals surface area contributed by atoms with Gasteiger partial charge in [-0.1, -0.05) is 35.9 Å². The van der Waals surface area contributed by atoms with Gasteiger partial charge >= 0.3 is 0 Å². The van der Waals surface area contributed by atoms with Crippen molar-refractivity contribution in [3.8, 4) is 0 Å². The highest BCUT2D eigenvalue weighted by Crippen LogP contribution is 2.25. The van der Waals surface area contributed by atoms with E-state index in [1.54, 1.807) is 36.4 Å². The third kappa shape index (κ3) is 4.62. The number of para-hydroxylation sites is 1. The van der Waals surface area contributed by atoms with Crippen LogP contribution in [0.4, 0.5) is 5.69 Å². The molecular weight excluding hydrogens is 362 g/mol. The average Bonchev–Trinajstić information content (AvgIpc) is 2.62. The number of sulfonamides is 1. The molecule has 1 heterocycles. The van der Waals surface area contributed by atoms with E-state index >= 15 is 0 Å². The van der Waals surface area contributed by atoms with Gasteiger partial charge < -0.3 is 5.73 Å². The van der Waals surface area contributed by atoms with Gasteiger partial charge in [-0.2, -0.15) is 0 Å². The second-order valence-electron chi connectivity index (χ2n) is 6.42. The van der Waals surface area contributed by atoms with Crippen molar-refractivity contribution in [3.05, 3.63) is 65.9 Å². The number of nitrogens with zero attached hydrogens (tertiary/aromatic N) is 1. The second kappa shape index (κ2) is 7.75. The molecule has 7 heteroatoms. The highest BCUT2D eigenvalue weighted by molar-refractivity contribution is 7.92. The van der Waals surface area contributed by atoms with Crippen molar-refractivity contribution in [1.29, 1.82) is 0 Å². The molecule has 3 aromatic rings. The zero-order valence-electron chi connectivity index (χ0n) is 15.0. The van der Waals surface area contributed by atoms with Gasteiger partial charge in [0.25, 0.3) is 10.0 Å². The first kappa shape index (κ1) is 18.8. The maximum Gasteiger partial charge on any atom is 0.261 e. The van der Waals surface area contributed by atoms with Crippen LogP contribution >= 0.6 is 0 Å². The Morgan fingerprint density at radius 2 is 1.81 bits per heavy atom. The summed E-state index contributed by atoms with van der Waals surface area (Å²) in [5.74, 6) is -0.345. The number of nitrogens with two attached hydrogens (primary N) is 1. The summed E-state index contributed by atoms with van der Waals surface area (Å²) < 4.78 is 28.0. The summed E-state index contributed by atoms with van der Waals surface area (Å²) in [5.41, 5.74) is 7.93. The van der Waals surface area contributed by atoms with Gasteiger partial charge in [-0.15, -0.1) is 0 Å². The molecule has 1 aromatic heterocycles. The zero-order chi connectivity index (χ0) is 19.4. The number of carbonyl (C=O) groups is 1. The highest BCUT2D eigenvalue weighted by atomic mass is 32.2. The smallest absolute Gasteiger partial charge is 0.261 e. The molecule has 0 unspecified atom stereocenters. The van der Waals surface area contributed by atoms with Crippen molar-refractivity contribution in [1.82, 2.24) is 4.98 Å². The lowest BCUT2D eigenvalue weighted by atomic mass is 10.1. The Morgan fingerprint density at radius 3 is 2.52 bits per heavy atom. The molecule has 0 spiro atoms. The quantitative estimate of drug-likeness (QED) is 0.654. The van der Waals surface area contributed by atoms with Crippen molar-refractivity contribution >= 4 is 32.5 Å². The molecule has 140 valence electrons. The first-order valence-electron chi connectivity index (χ1n) is 8.61. The van der Waals surface area contributed by atoms with Gasteiger partial charge in [-0.05, 0) is 44.0 Å². The van der Waals surface area contributed by atoms with E-state index < -0.39 is 10.0 Å². The maximum absolute atomic E-state index is 12.7. The summed E-state index contributed by atoms with van der Waals surface area (Å²) >= 11 is 0. The number of primary amides is 1. The first-order valence-corrected chi connectivity index (χ1v) is 10.1. The van der Waals surface area contributed by atoms with E-state index in [2.05, 4.69) is 9.71 Å². The van der Waals surface area contributed by atoms with Crippen LogP contribution in [0.2, 0.25) is 0 Å². The number of pyridine rings is 1. The predicted molar refractivity (Wildman–Crippen MR) is 106 cm³/mol. The Bertz CT molecular complexity index is 1080. The Labute approximate surface area is 158 Å². The van der Waals surface area contributed by atoms with Crippen LogP contribution in [0.25, 0.3) is 10.9 Å². The molecule has 0 bridgehead atoms. The number of hydrogen-bond donors (Lipinski definition) is 2. The topological polar surface area (TPSA) is 102 Å². The molecule has 0 radical (unpaired) electrons. The van der Waals surface area contributed by atoms with Crippen LogP contribution in [0.5, 0.6) is 0 Å². The fourth-order valence-corrected chi connectivity index (χ4v) is 3.84. The average molecular weight is 383 g/mol. The Morgan fingerprint density at radius 1 is 1.07 bits per heavy atom. The molecular formula is C20H21N3O3S. The monoisotopic (exact) mass is 383 g/mol. The lowest BCUT2D eigenvalue weighted by Gasteiger charge is -2.11. The van der Waals surface area contributed by atoms with Gasteiger partial charge in [-0.25, -0.2) is 8.42 Å². The molecule has 27 heavy (non-hydrogen) atoms. The van der Waals surface area contributed by atoms with Gasteiger partial charge in [0.2, 0.25) is 5.91 Å². The largest absolute Gasteiger partial charge is 0.370 e. The number of benzene rings is 2. The highest BCUT2D eigenvalue weighted by Gasteiger charge is 2.16. The SMILES string of the molecule is Cc1ccc(S(=O)(=O)Nc2cccc3ccc(CCCC(N)=O)nc23)cc1. The van der Waals surface area contributed by atoms with E-state index in [1.165, 1.54) is 0 Å². The number of hydrogen-bond acceptors (Lipinski definition) is 4. The van der Waals surface area contributed by atoms with Gasteiger partial charge in [-0.3, -0.25) is 14.5 Å². The summed E-state index contributed by atoms with van der Waals surface area (Å²) in [4.78, 5) is 15.7. The summed E-state index contributed by atoms with van der Waals surface area (Å²) in [6.45, 7) is 1.90.